The summed E-state index contributed by atoms with van der Waals surface area (Å²) in [5, 5.41) is 13.6. The van der Waals surface area contributed by atoms with E-state index in [9.17, 15) is 4.79 Å². The summed E-state index contributed by atoms with van der Waals surface area (Å²) in [7, 11) is 0. The van der Waals surface area contributed by atoms with Crippen LogP contribution in [0.5, 0.6) is 11.5 Å². The summed E-state index contributed by atoms with van der Waals surface area (Å²) in [6, 6.07) is 13.5. The highest BCUT2D eigenvalue weighted by Gasteiger charge is 2.36. The fraction of sp³-hybridized carbons (Fsp3) is 0.333. The zero-order valence-corrected chi connectivity index (χ0v) is 18.7. The second-order valence-electron chi connectivity index (χ2n) is 9.44. The van der Waals surface area contributed by atoms with E-state index < -0.39 is 6.04 Å². The molecule has 168 valence electrons. The van der Waals surface area contributed by atoms with Crippen LogP contribution in [0.25, 0.3) is 10.9 Å². The highest BCUT2D eigenvalue weighted by molar-refractivity contribution is 5.83. The van der Waals surface area contributed by atoms with E-state index in [1.807, 2.05) is 55.8 Å². The van der Waals surface area contributed by atoms with Gasteiger partial charge in [-0.05, 0) is 61.4 Å². The van der Waals surface area contributed by atoms with E-state index in [-0.39, 0.29) is 17.9 Å². The quantitative estimate of drug-likeness (QED) is 0.518. The lowest BCUT2D eigenvalue weighted by molar-refractivity contribution is 0.174. The maximum Gasteiger partial charge on any atom is 0.254 e. The van der Waals surface area contributed by atoms with Crippen LogP contribution in [0, 0.1) is 0 Å². The Hall–Kier alpha value is -3.88. The first-order valence-electron chi connectivity index (χ1n) is 11.0. The maximum atomic E-state index is 13.5. The smallest absolute Gasteiger partial charge is 0.254 e. The molecule has 0 bridgehead atoms. The number of para-hydroxylation sites is 1. The lowest BCUT2D eigenvalue weighted by Crippen LogP contribution is -2.37. The van der Waals surface area contributed by atoms with Crippen LogP contribution in [0.4, 0.5) is 5.69 Å². The van der Waals surface area contributed by atoms with Gasteiger partial charge in [0.2, 0.25) is 6.79 Å². The van der Waals surface area contributed by atoms with Crippen molar-refractivity contribution in [2.45, 2.75) is 38.8 Å². The molecule has 33 heavy (non-hydrogen) atoms. The Labute approximate surface area is 189 Å². The van der Waals surface area contributed by atoms with Gasteiger partial charge in [0, 0.05) is 29.2 Å². The molecule has 0 saturated carbocycles. The van der Waals surface area contributed by atoms with Crippen molar-refractivity contribution in [2.24, 2.45) is 0 Å². The summed E-state index contributed by atoms with van der Waals surface area (Å²) in [4.78, 5) is 18.7. The minimum absolute atomic E-state index is 0.177. The molecule has 2 aliphatic rings. The van der Waals surface area contributed by atoms with E-state index in [4.69, 9.17) is 9.47 Å². The van der Waals surface area contributed by atoms with Crippen molar-refractivity contribution in [3.63, 3.8) is 0 Å². The zero-order chi connectivity index (χ0) is 22.7. The van der Waals surface area contributed by atoms with Gasteiger partial charge >= 0.3 is 0 Å². The van der Waals surface area contributed by atoms with E-state index in [0.717, 1.165) is 24.0 Å². The molecule has 0 radical (unpaired) electrons. The van der Waals surface area contributed by atoms with Crippen LogP contribution in [0.1, 0.15) is 43.8 Å². The summed E-state index contributed by atoms with van der Waals surface area (Å²) < 4.78 is 12.8. The van der Waals surface area contributed by atoms with Crippen LogP contribution in [0.15, 0.2) is 47.3 Å². The van der Waals surface area contributed by atoms with Crippen LogP contribution in [0.3, 0.4) is 0 Å². The molecule has 0 unspecified atom stereocenters. The number of hydrogen-bond donors (Lipinski definition) is 1. The number of tetrazole rings is 1. The average Bonchev–Trinajstić information content (AvgIpc) is 3.52. The van der Waals surface area contributed by atoms with Gasteiger partial charge in [0.05, 0.1) is 11.1 Å². The monoisotopic (exact) mass is 444 g/mol. The number of pyridine rings is 1. The Balaban J connectivity index is 1.58. The third-order valence-corrected chi connectivity index (χ3v) is 6.27. The summed E-state index contributed by atoms with van der Waals surface area (Å²) in [5.74, 6) is 1.93. The summed E-state index contributed by atoms with van der Waals surface area (Å²) in [6.07, 6.45) is 0.897. The van der Waals surface area contributed by atoms with Gasteiger partial charge in [0.15, 0.2) is 17.3 Å². The third kappa shape index (κ3) is 3.14. The lowest BCUT2D eigenvalue weighted by atomic mass is 10.0. The number of rotatable bonds is 3. The largest absolute Gasteiger partial charge is 0.454 e. The van der Waals surface area contributed by atoms with E-state index in [0.29, 0.717) is 28.4 Å². The maximum absolute atomic E-state index is 13.5. The molecule has 2 aliphatic heterocycles. The molecule has 2 aromatic carbocycles. The van der Waals surface area contributed by atoms with Gasteiger partial charge in [0.1, 0.15) is 6.04 Å². The molecule has 6 rings (SSSR count). The Kier molecular flexibility index (Phi) is 4.23. The van der Waals surface area contributed by atoms with Crippen molar-refractivity contribution in [3.05, 3.63) is 69.8 Å². The number of fused-ring (bicyclic) bond motifs is 3. The van der Waals surface area contributed by atoms with Crippen molar-refractivity contribution in [2.75, 3.05) is 18.2 Å². The van der Waals surface area contributed by atoms with E-state index >= 15 is 0 Å². The first-order chi connectivity index (χ1) is 15.9. The molecule has 1 atom stereocenters. The molecule has 2 aromatic heterocycles. The van der Waals surface area contributed by atoms with Crippen molar-refractivity contribution in [1.82, 2.24) is 25.2 Å². The molecule has 4 aromatic rings. The predicted molar refractivity (Wildman–Crippen MR) is 123 cm³/mol. The van der Waals surface area contributed by atoms with E-state index in [1.165, 1.54) is 5.56 Å². The Morgan fingerprint density at radius 3 is 2.70 bits per heavy atom. The fourth-order valence-corrected chi connectivity index (χ4v) is 4.74. The highest BCUT2D eigenvalue weighted by atomic mass is 16.7. The topological polar surface area (TPSA) is 98.2 Å². The molecule has 9 nitrogen and oxygen atoms in total. The van der Waals surface area contributed by atoms with Gasteiger partial charge in [0.25, 0.3) is 5.56 Å². The first kappa shape index (κ1) is 19.8. The Bertz CT molecular complexity index is 1430. The van der Waals surface area contributed by atoms with Crippen LogP contribution < -0.4 is 19.9 Å². The first-order valence-corrected chi connectivity index (χ1v) is 11.0. The molecule has 0 fully saturated rings. The van der Waals surface area contributed by atoms with Crippen LogP contribution in [0.2, 0.25) is 0 Å². The number of nitrogens with one attached hydrogen (secondary N) is 1. The van der Waals surface area contributed by atoms with Crippen LogP contribution >= 0.6 is 0 Å². The van der Waals surface area contributed by atoms with Gasteiger partial charge in [-0.2, -0.15) is 0 Å². The lowest BCUT2D eigenvalue weighted by Gasteiger charge is -2.31. The zero-order valence-electron chi connectivity index (χ0n) is 18.7. The minimum Gasteiger partial charge on any atom is -0.454 e. The second-order valence-corrected chi connectivity index (χ2v) is 9.44. The van der Waals surface area contributed by atoms with Crippen molar-refractivity contribution < 1.29 is 9.47 Å². The van der Waals surface area contributed by atoms with Crippen LogP contribution in [-0.4, -0.2) is 38.5 Å². The number of H-pyrrole nitrogens is 1. The molecule has 0 spiro atoms. The number of anilines is 1. The molecule has 1 N–H and O–H groups in total. The van der Waals surface area contributed by atoms with Gasteiger partial charge in [-0.25, -0.2) is 4.68 Å². The number of nitrogens with zero attached hydrogens (tertiary/aromatic N) is 5. The SMILES string of the molecule is CC(C)(C)n1nnnc1[C@@H](c1cc2cc3c(cc2[nH]c1=O)OCO3)N1CCc2ccccc21. The Morgan fingerprint density at radius 1 is 1.09 bits per heavy atom. The second kappa shape index (κ2) is 7.06. The van der Waals surface area contributed by atoms with Gasteiger partial charge < -0.3 is 19.4 Å². The summed E-state index contributed by atoms with van der Waals surface area (Å²) in [6.45, 7) is 7.09. The standard InChI is InChI=1S/C24H24N6O3/c1-24(2,3)30-22(26-27-28-30)21(29-9-8-14-6-4-5-7-18(14)29)16-10-15-11-19-20(33-13-32-19)12-17(15)25-23(16)31/h4-7,10-12,21H,8-9,13H2,1-3H3,(H,25,31)/t21-/m1/s1. The fourth-order valence-electron chi connectivity index (χ4n) is 4.74. The molecular formula is C24H24N6O3. The van der Waals surface area contributed by atoms with Crippen LogP contribution in [-0.2, 0) is 12.0 Å². The van der Waals surface area contributed by atoms with Crippen molar-refractivity contribution >= 4 is 16.6 Å². The normalized spacial score (nSPS) is 15.8. The predicted octanol–water partition coefficient (Wildman–Crippen LogP) is 3.15. The average molecular weight is 444 g/mol. The van der Waals surface area contributed by atoms with Gasteiger partial charge in [-0.1, -0.05) is 18.2 Å². The van der Waals surface area contributed by atoms with Gasteiger partial charge in [-0.15, -0.1) is 5.10 Å². The molecule has 0 saturated heterocycles. The third-order valence-electron chi connectivity index (χ3n) is 6.27. The minimum atomic E-state index is -0.457. The summed E-state index contributed by atoms with van der Waals surface area (Å²) in [5.41, 5.74) is 3.09. The summed E-state index contributed by atoms with van der Waals surface area (Å²) >= 11 is 0. The van der Waals surface area contributed by atoms with E-state index in [1.54, 1.807) is 0 Å². The molecule has 9 heteroatoms. The number of aromatic nitrogens is 5. The number of aromatic amines is 1. The van der Waals surface area contributed by atoms with Gasteiger partial charge in [-0.3, -0.25) is 4.79 Å². The molecular weight excluding hydrogens is 420 g/mol. The number of ether oxygens (including phenoxy) is 2. The molecule has 0 amide bonds. The number of benzene rings is 2. The molecule has 4 heterocycles. The molecule has 0 aliphatic carbocycles. The highest BCUT2D eigenvalue weighted by Crippen LogP contribution is 2.40. The van der Waals surface area contributed by atoms with Crippen molar-refractivity contribution in [3.8, 4) is 11.5 Å². The number of hydrogen-bond acceptors (Lipinski definition) is 7. The van der Waals surface area contributed by atoms with E-state index in [2.05, 4.69) is 37.5 Å². The Morgan fingerprint density at radius 2 is 1.88 bits per heavy atom. The van der Waals surface area contributed by atoms with Crippen molar-refractivity contribution in [1.29, 1.82) is 0 Å².